The maximum atomic E-state index is 12.9. The average molecular weight is 261 g/mol. The van der Waals surface area contributed by atoms with Crippen LogP contribution in [0, 0.1) is 5.82 Å². The minimum atomic E-state index is -0.223. The van der Waals surface area contributed by atoms with Crippen LogP contribution in [0.1, 0.15) is 18.2 Å². The van der Waals surface area contributed by atoms with Gasteiger partial charge in [0.1, 0.15) is 5.82 Å². The van der Waals surface area contributed by atoms with Crippen molar-refractivity contribution in [3.8, 4) is 5.69 Å². The molecule has 19 heavy (non-hydrogen) atoms. The van der Waals surface area contributed by atoms with Crippen LogP contribution in [0.15, 0.2) is 30.5 Å². The van der Waals surface area contributed by atoms with Crippen molar-refractivity contribution >= 4 is 0 Å². The van der Waals surface area contributed by atoms with Gasteiger partial charge in [-0.2, -0.15) is 5.10 Å². The Morgan fingerprint density at radius 2 is 1.89 bits per heavy atom. The molecular weight excluding hydrogens is 241 g/mol. The third-order valence-electron chi connectivity index (χ3n) is 3.13. The van der Waals surface area contributed by atoms with E-state index >= 15 is 0 Å². The lowest BCUT2D eigenvalue weighted by atomic mass is 10.1. The van der Waals surface area contributed by atoms with Crippen molar-refractivity contribution in [2.75, 3.05) is 20.6 Å². The molecule has 0 aliphatic rings. The van der Waals surface area contributed by atoms with E-state index in [2.05, 4.69) is 37.2 Å². The Balaban J connectivity index is 2.25. The van der Waals surface area contributed by atoms with Crippen LogP contribution in [0.3, 0.4) is 0 Å². The van der Waals surface area contributed by atoms with E-state index in [4.69, 9.17) is 0 Å². The molecule has 1 aromatic carbocycles. The molecule has 0 atom stereocenters. The fraction of sp³-hybridized carbons (Fsp3) is 0.400. The van der Waals surface area contributed by atoms with Crippen molar-refractivity contribution in [1.82, 2.24) is 14.7 Å². The van der Waals surface area contributed by atoms with Crippen LogP contribution >= 0.6 is 0 Å². The van der Waals surface area contributed by atoms with Gasteiger partial charge in [0.25, 0.3) is 0 Å². The van der Waals surface area contributed by atoms with Gasteiger partial charge in [-0.3, -0.25) is 0 Å². The second-order valence-corrected chi connectivity index (χ2v) is 4.93. The first-order chi connectivity index (χ1) is 9.10. The van der Waals surface area contributed by atoms with Gasteiger partial charge in [-0.15, -0.1) is 0 Å². The molecule has 4 heteroatoms. The zero-order valence-electron chi connectivity index (χ0n) is 11.7. The molecule has 0 bridgehead atoms. The number of aryl methyl sites for hydroxylation is 1. The minimum Gasteiger partial charge on any atom is -0.309 e. The Hall–Kier alpha value is -1.68. The first-order valence-electron chi connectivity index (χ1n) is 6.58. The monoisotopic (exact) mass is 261 g/mol. The second kappa shape index (κ2) is 5.97. The molecule has 0 aliphatic carbocycles. The maximum absolute atomic E-state index is 12.9. The first kappa shape index (κ1) is 13.7. The van der Waals surface area contributed by atoms with E-state index in [9.17, 15) is 4.39 Å². The first-order valence-corrected chi connectivity index (χ1v) is 6.58. The van der Waals surface area contributed by atoms with Crippen molar-refractivity contribution < 1.29 is 4.39 Å². The molecule has 1 heterocycles. The summed E-state index contributed by atoms with van der Waals surface area (Å²) < 4.78 is 14.8. The summed E-state index contributed by atoms with van der Waals surface area (Å²) in [6.07, 6.45) is 3.95. The van der Waals surface area contributed by atoms with E-state index in [0.29, 0.717) is 0 Å². The molecule has 102 valence electrons. The summed E-state index contributed by atoms with van der Waals surface area (Å²) in [4.78, 5) is 2.16. The molecule has 1 aromatic heterocycles. The molecule has 2 aromatic rings. The van der Waals surface area contributed by atoms with Crippen LogP contribution in [0.2, 0.25) is 0 Å². The Labute approximate surface area is 113 Å². The molecule has 2 rings (SSSR count). The highest BCUT2D eigenvalue weighted by molar-refractivity contribution is 5.33. The largest absolute Gasteiger partial charge is 0.309 e. The molecule has 0 aliphatic heterocycles. The molecule has 0 saturated carbocycles. The molecule has 3 nitrogen and oxygen atoms in total. The Morgan fingerprint density at radius 1 is 1.21 bits per heavy atom. The van der Waals surface area contributed by atoms with Gasteiger partial charge in [0.2, 0.25) is 0 Å². The Morgan fingerprint density at radius 3 is 2.47 bits per heavy atom. The van der Waals surface area contributed by atoms with Crippen molar-refractivity contribution in [2.24, 2.45) is 0 Å². The van der Waals surface area contributed by atoms with Gasteiger partial charge >= 0.3 is 0 Å². The maximum Gasteiger partial charge on any atom is 0.123 e. The third kappa shape index (κ3) is 3.41. The summed E-state index contributed by atoms with van der Waals surface area (Å²) in [6, 6.07) is 6.42. The number of likely N-dealkylation sites (N-methyl/N-ethyl adjacent to an activating group) is 1. The van der Waals surface area contributed by atoms with E-state index < -0.39 is 0 Å². The van der Waals surface area contributed by atoms with E-state index in [1.807, 2.05) is 4.68 Å². The van der Waals surface area contributed by atoms with Crippen molar-refractivity contribution in [1.29, 1.82) is 0 Å². The normalized spacial score (nSPS) is 11.2. The van der Waals surface area contributed by atoms with Gasteiger partial charge in [-0.1, -0.05) is 6.92 Å². The van der Waals surface area contributed by atoms with Crippen LogP contribution in [0.25, 0.3) is 5.69 Å². The standard InChI is InChI=1S/C15H20FN3/c1-4-15-12(9-10-18(2)3)11-19(17-15)14-7-5-13(16)6-8-14/h5-8,11H,4,9-10H2,1-3H3. The van der Waals surface area contributed by atoms with E-state index in [1.54, 1.807) is 12.1 Å². The molecule has 0 saturated heterocycles. The predicted octanol–water partition coefficient (Wildman–Crippen LogP) is 2.68. The van der Waals surface area contributed by atoms with Crippen LogP contribution in [-0.4, -0.2) is 35.3 Å². The minimum absolute atomic E-state index is 0.223. The van der Waals surface area contributed by atoms with Crippen LogP contribution in [-0.2, 0) is 12.8 Å². The van der Waals surface area contributed by atoms with E-state index in [0.717, 1.165) is 30.8 Å². The van der Waals surface area contributed by atoms with Gasteiger partial charge in [0.05, 0.1) is 11.4 Å². The van der Waals surface area contributed by atoms with Crippen LogP contribution in [0.5, 0.6) is 0 Å². The number of rotatable bonds is 5. The lowest BCUT2D eigenvalue weighted by molar-refractivity contribution is 0.413. The zero-order valence-corrected chi connectivity index (χ0v) is 11.7. The Bertz CT molecular complexity index is 529. The summed E-state index contributed by atoms with van der Waals surface area (Å²) in [5.41, 5.74) is 3.28. The second-order valence-electron chi connectivity index (χ2n) is 4.93. The third-order valence-corrected chi connectivity index (χ3v) is 3.13. The highest BCUT2D eigenvalue weighted by Gasteiger charge is 2.09. The molecule has 0 amide bonds. The number of aromatic nitrogens is 2. The smallest absolute Gasteiger partial charge is 0.123 e. The highest BCUT2D eigenvalue weighted by atomic mass is 19.1. The fourth-order valence-corrected chi connectivity index (χ4v) is 2.02. The van der Waals surface area contributed by atoms with Gasteiger partial charge in [-0.05, 0) is 56.8 Å². The van der Waals surface area contributed by atoms with Gasteiger partial charge in [0.15, 0.2) is 0 Å². The lowest BCUT2D eigenvalue weighted by Crippen LogP contribution is -2.15. The number of benzene rings is 1. The van der Waals surface area contributed by atoms with Crippen LogP contribution < -0.4 is 0 Å². The van der Waals surface area contributed by atoms with Crippen molar-refractivity contribution in [3.05, 3.63) is 47.5 Å². The topological polar surface area (TPSA) is 21.1 Å². The lowest BCUT2D eigenvalue weighted by Gasteiger charge is -2.08. The van der Waals surface area contributed by atoms with E-state index in [-0.39, 0.29) is 5.82 Å². The summed E-state index contributed by atoms with van der Waals surface area (Å²) in [5, 5.41) is 4.58. The number of halogens is 1. The average Bonchev–Trinajstić information content (AvgIpc) is 2.80. The summed E-state index contributed by atoms with van der Waals surface area (Å²) in [5.74, 6) is -0.223. The SMILES string of the molecule is CCc1nn(-c2ccc(F)cc2)cc1CCN(C)C. The van der Waals surface area contributed by atoms with Gasteiger partial charge in [-0.25, -0.2) is 9.07 Å². The summed E-state index contributed by atoms with van der Waals surface area (Å²) >= 11 is 0. The zero-order chi connectivity index (χ0) is 13.8. The molecule has 0 N–H and O–H groups in total. The summed E-state index contributed by atoms with van der Waals surface area (Å²) in [6.45, 7) is 3.11. The van der Waals surface area contributed by atoms with Gasteiger partial charge in [0, 0.05) is 12.7 Å². The molecule has 0 spiro atoms. The highest BCUT2D eigenvalue weighted by Crippen LogP contribution is 2.14. The Kier molecular flexibility index (Phi) is 4.32. The van der Waals surface area contributed by atoms with E-state index in [1.165, 1.54) is 17.7 Å². The summed E-state index contributed by atoms with van der Waals surface area (Å²) in [7, 11) is 4.13. The molecule has 0 radical (unpaired) electrons. The van der Waals surface area contributed by atoms with Crippen molar-refractivity contribution in [2.45, 2.75) is 19.8 Å². The number of hydrogen-bond acceptors (Lipinski definition) is 2. The van der Waals surface area contributed by atoms with Gasteiger partial charge < -0.3 is 4.90 Å². The molecule has 0 unspecified atom stereocenters. The predicted molar refractivity (Wildman–Crippen MR) is 75.2 cm³/mol. The molecule has 0 fully saturated rings. The van der Waals surface area contributed by atoms with Crippen LogP contribution in [0.4, 0.5) is 4.39 Å². The number of nitrogens with zero attached hydrogens (tertiary/aromatic N) is 3. The molecular formula is C15H20FN3. The number of hydrogen-bond donors (Lipinski definition) is 0. The van der Waals surface area contributed by atoms with Crippen molar-refractivity contribution in [3.63, 3.8) is 0 Å². The fourth-order valence-electron chi connectivity index (χ4n) is 2.02. The quantitative estimate of drug-likeness (QED) is 0.825.